The third-order valence-corrected chi connectivity index (χ3v) is 29.0. The maximum atomic E-state index is 5.31. The van der Waals surface area contributed by atoms with E-state index < -0.39 is 0 Å². The molecule has 28 rings (SSSR count). The van der Waals surface area contributed by atoms with Crippen LogP contribution in [-0.2, 0) is 0 Å². The Labute approximate surface area is 756 Å². The molecule has 0 aliphatic rings. The van der Waals surface area contributed by atoms with E-state index in [4.69, 9.17) is 29.9 Å². The second-order valence-electron chi connectivity index (χ2n) is 33.1. The van der Waals surface area contributed by atoms with E-state index in [1.165, 1.54) is 137 Å². The lowest BCUT2D eigenvalue weighted by atomic mass is 10.0. The van der Waals surface area contributed by atoms with Gasteiger partial charge in [-0.05, 0) is 126 Å². The maximum absolute atomic E-state index is 5.31. The summed E-state index contributed by atoms with van der Waals surface area (Å²) in [4.78, 5) is 31.4. The van der Waals surface area contributed by atoms with Gasteiger partial charge in [0.15, 0.2) is 0 Å². The summed E-state index contributed by atoms with van der Waals surface area (Å²) in [5, 5.41) is 17.9. The van der Waals surface area contributed by atoms with Crippen LogP contribution in [0.1, 0.15) is 0 Å². The number of thiophene rings is 3. The van der Waals surface area contributed by atoms with Gasteiger partial charge in [0, 0.05) is 139 Å². The van der Waals surface area contributed by atoms with E-state index in [9.17, 15) is 0 Å². The van der Waals surface area contributed by atoms with E-state index in [1.54, 1.807) is 0 Å². The van der Waals surface area contributed by atoms with Gasteiger partial charge >= 0.3 is 0 Å². The van der Waals surface area contributed by atoms with Crippen molar-refractivity contribution in [3.05, 3.63) is 431 Å². The molecule has 0 fully saturated rings. The Balaban J connectivity index is 0.000000103. The van der Waals surface area contributed by atoms with Crippen LogP contribution in [-0.4, -0.2) is 43.6 Å². The molecule has 19 aromatic carbocycles. The zero-order valence-electron chi connectivity index (χ0n) is 69.7. The number of nitrogens with zero attached hydrogens (tertiary/aromatic N) is 9. The van der Waals surface area contributed by atoms with Crippen LogP contribution in [0.2, 0.25) is 0 Å². The topological polar surface area (TPSA) is 92.1 Å². The van der Waals surface area contributed by atoms with Crippen molar-refractivity contribution in [1.82, 2.24) is 43.6 Å². The molecular weight excluding hydrogens is 1640 g/mol. The molecule has 0 saturated heterocycles. The highest BCUT2D eigenvalue weighted by atomic mass is 32.1. The average Bonchev–Trinajstić information content (AvgIpc) is 1.56. The number of hydrogen-bond donors (Lipinski definition) is 0. The van der Waals surface area contributed by atoms with Gasteiger partial charge in [-0.1, -0.05) is 315 Å². The van der Waals surface area contributed by atoms with Crippen molar-refractivity contribution < 1.29 is 0 Å². The summed E-state index contributed by atoms with van der Waals surface area (Å²) >= 11 is 5.59. The van der Waals surface area contributed by atoms with Crippen LogP contribution >= 0.6 is 34.0 Å². The van der Waals surface area contributed by atoms with E-state index >= 15 is 0 Å². The van der Waals surface area contributed by atoms with Crippen LogP contribution < -0.4 is 0 Å². The first-order valence-corrected chi connectivity index (χ1v) is 46.1. The van der Waals surface area contributed by atoms with Gasteiger partial charge in [0.1, 0.15) is 0 Å². The fourth-order valence-electron chi connectivity index (χ4n) is 19.6. The molecule has 0 amide bonds. The Morgan fingerprint density at radius 1 is 0.169 bits per heavy atom. The summed E-state index contributed by atoms with van der Waals surface area (Å²) in [6.07, 6.45) is 0. The minimum atomic E-state index is 0.870. The molecule has 9 heterocycles. The SMILES string of the molecule is c1ccc(-c2nc3ccc(-n4c5cc6sc7ccccc7c6cc5c5c6ccccc6ccc54)cc3nc2-c2ccccc2)cc1.c1ccc(-c2nc3ccc(-n4c5ccccc5c5cc6c(cc54)sc4ccccc46)cc3nc2-c2ccccc2)cc1.c1ccc(-c2nc3ccc(-n4c5ccccc5c5ccc6c7ccccc7sc6c54)cc3nc2-c2ccccc2)cc1. The Hall–Kier alpha value is -16.5. The molecule has 0 unspecified atom stereocenters. The number of fused-ring (bicyclic) bond motifs is 24. The molecule has 12 heteroatoms. The molecule has 606 valence electrons. The van der Waals surface area contributed by atoms with Gasteiger partial charge in [-0.25, -0.2) is 29.9 Å². The summed E-state index contributed by atoms with van der Waals surface area (Å²) < 4.78 is 15.0. The van der Waals surface area contributed by atoms with Gasteiger partial charge in [-0.2, -0.15) is 0 Å². The Morgan fingerprint density at radius 3 is 0.938 bits per heavy atom. The van der Waals surface area contributed by atoms with Crippen molar-refractivity contribution in [2.45, 2.75) is 0 Å². The van der Waals surface area contributed by atoms with Gasteiger partial charge in [0.05, 0.1) is 105 Å². The zero-order valence-corrected chi connectivity index (χ0v) is 72.2. The van der Waals surface area contributed by atoms with Crippen molar-refractivity contribution in [1.29, 1.82) is 0 Å². The van der Waals surface area contributed by atoms with Crippen molar-refractivity contribution in [2.75, 3.05) is 0 Å². The number of hydrogen-bond acceptors (Lipinski definition) is 9. The molecule has 28 aromatic rings. The molecule has 0 bridgehead atoms. The molecule has 0 spiro atoms. The molecule has 0 atom stereocenters. The number of para-hydroxylation sites is 2. The van der Waals surface area contributed by atoms with Crippen LogP contribution in [0.15, 0.2) is 431 Å². The first-order chi connectivity index (χ1) is 64.4. The molecule has 0 N–H and O–H groups in total. The maximum Gasteiger partial charge on any atom is 0.0973 e. The van der Waals surface area contributed by atoms with Crippen molar-refractivity contribution in [3.63, 3.8) is 0 Å². The van der Waals surface area contributed by atoms with Crippen LogP contribution in [0.5, 0.6) is 0 Å². The highest BCUT2D eigenvalue weighted by molar-refractivity contribution is 7.27. The minimum Gasteiger partial charge on any atom is -0.309 e. The number of rotatable bonds is 9. The Bertz CT molecular complexity index is 9430. The fourth-order valence-corrected chi connectivity index (χ4v) is 23.1. The lowest BCUT2D eigenvalue weighted by Crippen LogP contribution is -1.98. The number of benzene rings is 19. The summed E-state index contributed by atoms with van der Waals surface area (Å²) in [6.45, 7) is 0. The molecular formula is C118H71N9S3. The highest BCUT2D eigenvalue weighted by Crippen LogP contribution is 2.48. The molecule has 0 saturated carbocycles. The first-order valence-electron chi connectivity index (χ1n) is 43.7. The average molecular weight is 1710 g/mol. The van der Waals surface area contributed by atoms with E-state index in [-0.39, 0.29) is 0 Å². The summed E-state index contributed by atoms with van der Waals surface area (Å²) in [6, 6.07) is 152. The molecule has 130 heavy (non-hydrogen) atoms. The van der Waals surface area contributed by atoms with E-state index in [2.05, 4.69) is 408 Å². The van der Waals surface area contributed by atoms with Crippen LogP contribution in [0.4, 0.5) is 0 Å². The number of aromatic nitrogens is 9. The van der Waals surface area contributed by atoms with Crippen LogP contribution in [0, 0.1) is 0 Å². The van der Waals surface area contributed by atoms with Gasteiger partial charge in [0.25, 0.3) is 0 Å². The largest absolute Gasteiger partial charge is 0.309 e. The summed E-state index contributed by atoms with van der Waals surface area (Å²) in [5.41, 5.74) is 27.4. The second kappa shape index (κ2) is 30.7. The normalized spacial score (nSPS) is 11.8. The molecule has 0 radical (unpaired) electrons. The lowest BCUT2D eigenvalue weighted by molar-refractivity contribution is 1.18. The monoisotopic (exact) mass is 1710 g/mol. The minimum absolute atomic E-state index is 0.870. The van der Waals surface area contributed by atoms with Crippen LogP contribution in [0.25, 0.3) is 254 Å². The van der Waals surface area contributed by atoms with Gasteiger partial charge in [-0.3, -0.25) is 0 Å². The highest BCUT2D eigenvalue weighted by Gasteiger charge is 2.25. The van der Waals surface area contributed by atoms with Crippen molar-refractivity contribution >= 4 is 204 Å². The zero-order chi connectivity index (χ0) is 85.4. The Kier molecular flexibility index (Phi) is 17.7. The predicted octanol–water partition coefficient (Wildman–Crippen LogP) is 32.4. The fraction of sp³-hybridized carbons (Fsp3) is 0. The molecule has 9 aromatic heterocycles. The van der Waals surface area contributed by atoms with Gasteiger partial charge in [0.2, 0.25) is 0 Å². The lowest BCUT2D eigenvalue weighted by Gasteiger charge is -2.13. The van der Waals surface area contributed by atoms with Gasteiger partial charge < -0.3 is 13.7 Å². The third-order valence-electron chi connectivity index (χ3n) is 25.5. The molecule has 0 aliphatic heterocycles. The standard InChI is InChI=1S/C42H25N3S.2C38H23N3S/c1-3-12-27(13-4-1)41-42(28-14-5-2-6-15-28)44-35-23-29(20-21-34(35)43-41)45-36-22-19-26-11-7-8-16-30(26)40(36)33-24-32-31-17-9-10-18-38(31)46-39(32)25-37(33)45;1-3-11-24(12-4-1)35-36(25-13-5-2-6-14-25)40-32-23-26(19-22-31(32)39-35)41-33-17-9-7-15-27(33)29-20-21-30-28-16-8-10-18-34(28)42-38(30)37(29)41;1-3-11-24(12-4-1)37-38(25-13-5-2-6-14-25)40-32-21-26(19-20-31(32)39-37)41-33-17-9-7-15-27(33)29-22-30-28-16-8-10-18-35(28)42-36(30)23-34(29)41/h1-25H;2*1-23H. The van der Waals surface area contributed by atoms with Crippen LogP contribution in [0.3, 0.4) is 0 Å². The van der Waals surface area contributed by atoms with Crippen molar-refractivity contribution in [3.8, 4) is 84.6 Å². The summed E-state index contributed by atoms with van der Waals surface area (Å²) in [7, 11) is 0. The smallest absolute Gasteiger partial charge is 0.0973 e. The molecule has 0 aliphatic carbocycles. The van der Waals surface area contributed by atoms with E-state index in [0.717, 1.165) is 118 Å². The quantitative estimate of drug-likeness (QED) is 0.143. The first kappa shape index (κ1) is 74.9. The van der Waals surface area contributed by atoms with E-state index in [1.807, 2.05) is 70.4 Å². The third kappa shape index (κ3) is 12.5. The van der Waals surface area contributed by atoms with E-state index in [0.29, 0.717) is 0 Å². The second-order valence-corrected chi connectivity index (χ2v) is 36.3. The summed E-state index contributed by atoms with van der Waals surface area (Å²) in [5.74, 6) is 0. The Morgan fingerprint density at radius 2 is 0.492 bits per heavy atom. The van der Waals surface area contributed by atoms with Gasteiger partial charge in [-0.15, -0.1) is 34.0 Å². The predicted molar refractivity (Wildman–Crippen MR) is 550 cm³/mol. The molecule has 9 nitrogen and oxygen atoms in total. The van der Waals surface area contributed by atoms with Crippen molar-refractivity contribution in [2.24, 2.45) is 0 Å².